The Bertz CT molecular complexity index is 111. The number of hydrogen-bond donors (Lipinski definition) is 3. The lowest BCUT2D eigenvalue weighted by molar-refractivity contribution is 0.0572. The second-order valence-electron chi connectivity index (χ2n) is 3.00. The highest BCUT2D eigenvalue weighted by Gasteiger charge is 2.28. The molecule has 1 heterocycles. The van der Waals surface area contributed by atoms with E-state index in [1.807, 2.05) is 11.9 Å². The molecule has 0 aromatic rings. The molecule has 11 heavy (non-hydrogen) atoms. The van der Waals surface area contributed by atoms with Crippen molar-refractivity contribution in [2.24, 2.45) is 0 Å². The second-order valence-corrected chi connectivity index (χ2v) is 3.00. The second kappa shape index (κ2) is 4.01. The summed E-state index contributed by atoms with van der Waals surface area (Å²) in [5, 5.41) is 21.3. The molecule has 0 amide bonds. The molecule has 4 heteroatoms. The molecule has 0 aromatic carbocycles. The van der Waals surface area contributed by atoms with E-state index in [9.17, 15) is 0 Å². The van der Waals surface area contributed by atoms with Crippen molar-refractivity contribution in [2.75, 3.05) is 33.2 Å². The number of rotatable bonds is 3. The molecule has 66 valence electrons. The van der Waals surface area contributed by atoms with Gasteiger partial charge in [0.05, 0.1) is 12.2 Å². The number of nitrogens with zero attached hydrogens (tertiary/aromatic N) is 1. The zero-order valence-corrected chi connectivity index (χ0v) is 6.82. The first kappa shape index (κ1) is 8.93. The van der Waals surface area contributed by atoms with Gasteiger partial charge in [-0.15, -0.1) is 0 Å². The number of nitrogens with one attached hydrogen (secondary N) is 1. The number of likely N-dealkylation sites (N-methyl/N-ethyl adjacent to an activating group) is 1. The molecule has 0 aromatic heterocycles. The number of aliphatic hydroxyl groups excluding tert-OH is 2. The normalized spacial score (nSPS) is 33.0. The van der Waals surface area contributed by atoms with Gasteiger partial charge in [-0.05, 0) is 7.05 Å². The van der Waals surface area contributed by atoms with E-state index in [4.69, 9.17) is 10.2 Å². The topological polar surface area (TPSA) is 55.7 Å². The number of hydrogen-bond acceptors (Lipinski definition) is 4. The van der Waals surface area contributed by atoms with Crippen molar-refractivity contribution in [3.8, 4) is 0 Å². The van der Waals surface area contributed by atoms with Gasteiger partial charge in [0.1, 0.15) is 0 Å². The summed E-state index contributed by atoms with van der Waals surface area (Å²) >= 11 is 0. The maximum Gasteiger partial charge on any atom is 0.0938 e. The molecular formula is C7H16N2O2. The average Bonchev–Trinajstić information content (AvgIpc) is 2.28. The summed E-state index contributed by atoms with van der Waals surface area (Å²) in [6.45, 7) is 3.00. The minimum atomic E-state index is -0.549. The third-order valence-electron chi connectivity index (χ3n) is 2.01. The van der Waals surface area contributed by atoms with Gasteiger partial charge in [-0.3, -0.25) is 4.90 Å². The van der Waals surface area contributed by atoms with Gasteiger partial charge in [-0.25, -0.2) is 0 Å². The van der Waals surface area contributed by atoms with E-state index in [-0.39, 0.29) is 0 Å². The first-order chi connectivity index (χ1) is 5.24. The molecule has 0 bridgehead atoms. The van der Waals surface area contributed by atoms with Gasteiger partial charge in [-0.2, -0.15) is 0 Å². The SMILES string of the molecule is CNCCN1CC(O)C(O)C1. The van der Waals surface area contributed by atoms with Crippen molar-refractivity contribution in [3.05, 3.63) is 0 Å². The number of likely N-dealkylation sites (tertiary alicyclic amines) is 1. The van der Waals surface area contributed by atoms with E-state index < -0.39 is 12.2 Å². The van der Waals surface area contributed by atoms with E-state index in [0.717, 1.165) is 13.1 Å². The predicted octanol–water partition coefficient (Wildman–Crippen LogP) is -1.76. The molecule has 1 fully saturated rings. The third-order valence-corrected chi connectivity index (χ3v) is 2.01. The van der Waals surface area contributed by atoms with Crippen molar-refractivity contribution in [3.63, 3.8) is 0 Å². The molecule has 1 aliphatic heterocycles. The lowest BCUT2D eigenvalue weighted by atomic mass is 10.3. The van der Waals surface area contributed by atoms with Crippen LogP contribution in [0.1, 0.15) is 0 Å². The van der Waals surface area contributed by atoms with Gasteiger partial charge in [0.25, 0.3) is 0 Å². The van der Waals surface area contributed by atoms with E-state index in [0.29, 0.717) is 13.1 Å². The first-order valence-corrected chi connectivity index (χ1v) is 3.97. The number of β-amino-alcohol motifs (C(OH)–C–C–N with tert-alkyl or cyclic N) is 2. The van der Waals surface area contributed by atoms with E-state index in [1.54, 1.807) is 0 Å². The Morgan fingerprint density at radius 1 is 1.36 bits per heavy atom. The predicted molar refractivity (Wildman–Crippen MR) is 42.4 cm³/mol. The van der Waals surface area contributed by atoms with E-state index in [2.05, 4.69) is 5.32 Å². The molecule has 4 nitrogen and oxygen atoms in total. The van der Waals surface area contributed by atoms with Crippen LogP contribution in [0.2, 0.25) is 0 Å². The number of aliphatic hydroxyl groups is 2. The van der Waals surface area contributed by atoms with Crippen LogP contribution in [0.25, 0.3) is 0 Å². The van der Waals surface area contributed by atoms with Gasteiger partial charge >= 0.3 is 0 Å². The first-order valence-electron chi connectivity index (χ1n) is 3.97. The summed E-state index contributed by atoms with van der Waals surface area (Å²) in [4.78, 5) is 2.05. The molecule has 0 radical (unpaired) electrons. The monoisotopic (exact) mass is 160 g/mol. The van der Waals surface area contributed by atoms with Crippen molar-refractivity contribution < 1.29 is 10.2 Å². The molecule has 1 rings (SSSR count). The summed E-state index contributed by atoms with van der Waals surface area (Å²) in [6, 6.07) is 0. The summed E-state index contributed by atoms with van der Waals surface area (Å²) in [5.41, 5.74) is 0. The maximum atomic E-state index is 9.16. The Kier molecular flexibility index (Phi) is 3.26. The van der Waals surface area contributed by atoms with E-state index >= 15 is 0 Å². The van der Waals surface area contributed by atoms with Crippen LogP contribution in [0.4, 0.5) is 0 Å². The van der Waals surface area contributed by atoms with Crippen LogP contribution < -0.4 is 5.32 Å². The summed E-state index contributed by atoms with van der Waals surface area (Å²) in [5.74, 6) is 0. The Morgan fingerprint density at radius 3 is 2.36 bits per heavy atom. The minimum absolute atomic E-state index is 0.549. The quantitative estimate of drug-likeness (QED) is 0.458. The van der Waals surface area contributed by atoms with Crippen LogP contribution in [0, 0.1) is 0 Å². The highest BCUT2D eigenvalue weighted by Crippen LogP contribution is 2.08. The van der Waals surface area contributed by atoms with Crippen molar-refractivity contribution in [1.82, 2.24) is 10.2 Å². The van der Waals surface area contributed by atoms with Crippen LogP contribution in [-0.2, 0) is 0 Å². The fraction of sp³-hybridized carbons (Fsp3) is 1.00. The van der Waals surface area contributed by atoms with Gasteiger partial charge < -0.3 is 15.5 Å². The zero-order valence-electron chi connectivity index (χ0n) is 6.82. The molecule has 0 saturated carbocycles. The lowest BCUT2D eigenvalue weighted by Gasteiger charge is -2.13. The smallest absolute Gasteiger partial charge is 0.0938 e. The molecular weight excluding hydrogens is 144 g/mol. The van der Waals surface area contributed by atoms with Gasteiger partial charge in [0, 0.05) is 26.2 Å². The zero-order chi connectivity index (χ0) is 8.27. The fourth-order valence-corrected chi connectivity index (χ4v) is 1.30. The van der Waals surface area contributed by atoms with Gasteiger partial charge in [-0.1, -0.05) is 0 Å². The van der Waals surface area contributed by atoms with E-state index in [1.165, 1.54) is 0 Å². The van der Waals surface area contributed by atoms with Crippen LogP contribution in [0.3, 0.4) is 0 Å². The van der Waals surface area contributed by atoms with Crippen molar-refractivity contribution >= 4 is 0 Å². The minimum Gasteiger partial charge on any atom is -0.389 e. The molecule has 3 N–H and O–H groups in total. The molecule has 2 unspecified atom stereocenters. The third kappa shape index (κ3) is 2.41. The Hall–Kier alpha value is -0.160. The van der Waals surface area contributed by atoms with Crippen LogP contribution >= 0.6 is 0 Å². The fourth-order valence-electron chi connectivity index (χ4n) is 1.30. The van der Waals surface area contributed by atoms with Crippen LogP contribution in [0.15, 0.2) is 0 Å². The average molecular weight is 160 g/mol. The van der Waals surface area contributed by atoms with Gasteiger partial charge in [0.15, 0.2) is 0 Å². The van der Waals surface area contributed by atoms with Crippen LogP contribution in [-0.4, -0.2) is 60.5 Å². The summed E-state index contributed by atoms with van der Waals surface area (Å²) in [7, 11) is 1.89. The summed E-state index contributed by atoms with van der Waals surface area (Å²) in [6.07, 6.45) is -1.10. The Labute approximate surface area is 66.8 Å². The molecule has 1 saturated heterocycles. The Balaban J connectivity index is 2.18. The molecule has 2 atom stereocenters. The highest BCUT2D eigenvalue weighted by atomic mass is 16.3. The largest absolute Gasteiger partial charge is 0.389 e. The molecule has 0 aliphatic carbocycles. The highest BCUT2D eigenvalue weighted by molar-refractivity contribution is 4.82. The van der Waals surface area contributed by atoms with Crippen molar-refractivity contribution in [1.29, 1.82) is 0 Å². The standard InChI is InChI=1S/C7H16N2O2/c1-8-2-3-9-4-6(10)7(11)5-9/h6-8,10-11H,2-5H2,1H3. The van der Waals surface area contributed by atoms with Crippen LogP contribution in [0.5, 0.6) is 0 Å². The molecule has 1 aliphatic rings. The maximum absolute atomic E-state index is 9.16. The Morgan fingerprint density at radius 2 is 1.91 bits per heavy atom. The van der Waals surface area contributed by atoms with Gasteiger partial charge in [0.2, 0.25) is 0 Å². The lowest BCUT2D eigenvalue weighted by Crippen LogP contribution is -2.29. The summed E-state index contributed by atoms with van der Waals surface area (Å²) < 4.78 is 0. The van der Waals surface area contributed by atoms with Crippen molar-refractivity contribution in [2.45, 2.75) is 12.2 Å². The molecule has 0 spiro atoms.